The minimum absolute atomic E-state index is 0.0190. The third-order valence-electron chi connectivity index (χ3n) is 6.85. The van der Waals surface area contributed by atoms with Gasteiger partial charge in [0.25, 0.3) is 5.56 Å². The van der Waals surface area contributed by atoms with E-state index in [4.69, 9.17) is 4.98 Å². The highest BCUT2D eigenvalue weighted by atomic mass is 32.2. The van der Waals surface area contributed by atoms with Crippen LogP contribution in [0.4, 0.5) is 5.95 Å². The summed E-state index contributed by atoms with van der Waals surface area (Å²) in [6.07, 6.45) is 10.3. The second-order valence-electron chi connectivity index (χ2n) is 9.05. The molecule has 9 nitrogen and oxygen atoms in total. The first-order valence-electron chi connectivity index (χ1n) is 10.7. The summed E-state index contributed by atoms with van der Waals surface area (Å²) in [6, 6.07) is 3.84. The number of hydrogen-bond donors (Lipinski definition) is 2. The average Bonchev–Trinajstić information content (AvgIpc) is 3.35. The van der Waals surface area contributed by atoms with Gasteiger partial charge in [0.15, 0.2) is 0 Å². The third kappa shape index (κ3) is 3.83. The lowest BCUT2D eigenvalue weighted by atomic mass is 10.00. The van der Waals surface area contributed by atoms with Crippen molar-refractivity contribution in [3.8, 4) is 0 Å². The van der Waals surface area contributed by atoms with Gasteiger partial charge in [0.1, 0.15) is 5.65 Å². The molecule has 0 unspecified atom stereocenters. The van der Waals surface area contributed by atoms with Gasteiger partial charge in [0.05, 0.1) is 6.26 Å². The maximum Gasteiger partial charge on any atom is 0.252 e. The zero-order valence-electron chi connectivity index (χ0n) is 17.2. The molecule has 0 bridgehead atoms. The molecule has 2 aliphatic carbocycles. The minimum atomic E-state index is -3.25. The van der Waals surface area contributed by atoms with Crippen LogP contribution in [-0.2, 0) is 10.0 Å². The summed E-state index contributed by atoms with van der Waals surface area (Å²) in [5.41, 5.74) is 1.04. The Morgan fingerprint density at radius 3 is 2.60 bits per heavy atom. The predicted octanol–water partition coefficient (Wildman–Crippen LogP) is 1.64. The number of rotatable bonds is 5. The molecular formula is C20H28N6O3S. The molecule has 0 amide bonds. The van der Waals surface area contributed by atoms with E-state index in [1.54, 1.807) is 17.3 Å². The van der Waals surface area contributed by atoms with E-state index in [0.717, 1.165) is 30.9 Å². The van der Waals surface area contributed by atoms with Crippen LogP contribution in [0.3, 0.4) is 0 Å². The molecule has 0 aromatic carbocycles. The van der Waals surface area contributed by atoms with Gasteiger partial charge in [-0.05, 0) is 50.0 Å². The fourth-order valence-electron chi connectivity index (χ4n) is 5.21. The first-order valence-corrected chi connectivity index (χ1v) is 12.6. The molecule has 5 rings (SSSR count). The lowest BCUT2D eigenvalue weighted by Gasteiger charge is -2.31. The molecule has 0 radical (unpaired) electrons. The van der Waals surface area contributed by atoms with Crippen molar-refractivity contribution < 1.29 is 8.42 Å². The van der Waals surface area contributed by atoms with Crippen LogP contribution in [-0.4, -0.2) is 53.3 Å². The molecule has 1 atom stereocenters. The van der Waals surface area contributed by atoms with Gasteiger partial charge >= 0.3 is 0 Å². The van der Waals surface area contributed by atoms with Crippen LogP contribution in [0.15, 0.2) is 23.1 Å². The number of piperidine rings is 1. The zero-order valence-corrected chi connectivity index (χ0v) is 18.0. The van der Waals surface area contributed by atoms with E-state index < -0.39 is 10.0 Å². The highest BCUT2D eigenvalue weighted by Crippen LogP contribution is 2.63. The molecule has 1 aliphatic heterocycles. The van der Waals surface area contributed by atoms with E-state index in [1.807, 2.05) is 10.6 Å². The predicted molar refractivity (Wildman–Crippen MR) is 115 cm³/mol. The number of anilines is 1. The molecule has 3 fully saturated rings. The van der Waals surface area contributed by atoms with Crippen LogP contribution in [0.2, 0.25) is 0 Å². The van der Waals surface area contributed by atoms with E-state index >= 15 is 0 Å². The summed E-state index contributed by atoms with van der Waals surface area (Å²) in [6.45, 7) is 1.24. The molecule has 10 heteroatoms. The molecule has 2 aromatic heterocycles. The molecular weight excluding hydrogens is 404 g/mol. The summed E-state index contributed by atoms with van der Waals surface area (Å²) >= 11 is 0. The molecule has 1 saturated heterocycles. The quantitative estimate of drug-likeness (QED) is 0.739. The molecule has 1 spiro atoms. The van der Waals surface area contributed by atoms with E-state index in [1.165, 1.54) is 25.7 Å². The van der Waals surface area contributed by atoms with E-state index in [0.29, 0.717) is 30.1 Å². The smallest absolute Gasteiger partial charge is 0.252 e. The monoisotopic (exact) mass is 432 g/mol. The van der Waals surface area contributed by atoms with Crippen LogP contribution in [0.5, 0.6) is 0 Å². The van der Waals surface area contributed by atoms with E-state index in [9.17, 15) is 13.2 Å². The Balaban J connectivity index is 1.37. The van der Waals surface area contributed by atoms with Crippen molar-refractivity contribution in [2.75, 3.05) is 24.7 Å². The average molecular weight is 433 g/mol. The summed E-state index contributed by atoms with van der Waals surface area (Å²) in [5, 5.41) is 6.00. The lowest BCUT2D eigenvalue weighted by Crippen LogP contribution is -2.48. The van der Waals surface area contributed by atoms with Gasteiger partial charge in [-0.3, -0.25) is 9.36 Å². The fraction of sp³-hybridized carbons (Fsp3) is 0.650. The Bertz CT molecular complexity index is 1120. The van der Waals surface area contributed by atoms with E-state index in [2.05, 4.69) is 15.1 Å². The van der Waals surface area contributed by atoms with Gasteiger partial charge in [-0.1, -0.05) is 6.42 Å². The zero-order chi connectivity index (χ0) is 20.9. The molecule has 162 valence electrons. The number of sulfonamides is 1. The Hall–Kier alpha value is -2.04. The summed E-state index contributed by atoms with van der Waals surface area (Å²) in [4.78, 5) is 24.6. The summed E-state index contributed by atoms with van der Waals surface area (Å²) < 4.78 is 24.7. The summed E-state index contributed by atoms with van der Waals surface area (Å²) in [5.74, 6) is 0.527. The van der Waals surface area contributed by atoms with Crippen molar-refractivity contribution in [1.29, 1.82) is 0 Å². The maximum atomic E-state index is 12.8. The van der Waals surface area contributed by atoms with Gasteiger partial charge < -0.3 is 5.32 Å². The second kappa shape index (κ2) is 7.28. The fourth-order valence-corrected chi connectivity index (χ4v) is 5.86. The molecule has 2 N–H and O–H groups in total. The van der Waals surface area contributed by atoms with Gasteiger partial charge in [-0.25, -0.2) is 18.4 Å². The third-order valence-corrected chi connectivity index (χ3v) is 7.44. The molecule has 30 heavy (non-hydrogen) atoms. The van der Waals surface area contributed by atoms with Gasteiger partial charge in [0, 0.05) is 42.8 Å². The Kier molecular flexibility index (Phi) is 4.83. The Labute approximate surface area is 175 Å². The molecule has 2 aromatic rings. The number of nitrogens with zero attached hydrogens (tertiary/aromatic N) is 4. The van der Waals surface area contributed by atoms with Gasteiger partial charge in [-0.15, -0.1) is 4.83 Å². The number of hydrogen-bond acceptors (Lipinski definition) is 7. The van der Waals surface area contributed by atoms with Crippen LogP contribution in [0.1, 0.15) is 51.0 Å². The van der Waals surface area contributed by atoms with Crippen LogP contribution in [0, 0.1) is 5.41 Å². The largest absolute Gasteiger partial charge is 0.351 e. The first-order chi connectivity index (χ1) is 14.3. The number of pyridine rings is 1. The number of nitrogens with one attached hydrogen (secondary N) is 2. The van der Waals surface area contributed by atoms with Crippen molar-refractivity contribution in [2.45, 2.75) is 57.0 Å². The maximum absolute atomic E-state index is 12.8. The number of hydrazine groups is 1. The first kappa shape index (κ1) is 19.9. The molecule has 3 aliphatic rings. The minimum Gasteiger partial charge on any atom is -0.351 e. The highest BCUT2D eigenvalue weighted by Gasteiger charge is 2.53. The van der Waals surface area contributed by atoms with Gasteiger partial charge in [0.2, 0.25) is 16.0 Å². The van der Waals surface area contributed by atoms with Crippen LogP contribution in [0.25, 0.3) is 11.0 Å². The number of aromatic nitrogens is 3. The normalized spacial score (nSPS) is 24.5. The Morgan fingerprint density at radius 1 is 1.13 bits per heavy atom. The highest BCUT2D eigenvalue weighted by molar-refractivity contribution is 7.88. The topological polar surface area (TPSA) is 109 Å². The standard InChI is InChI=1S/C20H28N6O3S/c1-30(28,29)24-25-11-6-15(7-12-25)22-19-21-13-14-4-5-17(27)26(18(14)23-19)16-3-2-8-20(16)9-10-20/h4-5,13,15-16,24H,2-3,6-12H2,1H3,(H,21,22,23)/t16-/m0/s1. The molecule has 3 heterocycles. The van der Waals surface area contributed by atoms with Crippen molar-refractivity contribution >= 4 is 27.0 Å². The van der Waals surface area contributed by atoms with Crippen LogP contribution >= 0.6 is 0 Å². The van der Waals surface area contributed by atoms with Crippen molar-refractivity contribution in [1.82, 2.24) is 24.4 Å². The second-order valence-corrected chi connectivity index (χ2v) is 10.8. The van der Waals surface area contributed by atoms with Gasteiger partial charge in [-0.2, -0.15) is 4.98 Å². The van der Waals surface area contributed by atoms with Crippen molar-refractivity contribution in [2.24, 2.45) is 5.41 Å². The summed E-state index contributed by atoms with van der Waals surface area (Å²) in [7, 11) is -3.25. The molecule has 2 saturated carbocycles. The van der Waals surface area contributed by atoms with E-state index in [-0.39, 0.29) is 17.6 Å². The lowest BCUT2D eigenvalue weighted by molar-refractivity contribution is 0.191. The number of fused-ring (bicyclic) bond motifs is 1. The SMILES string of the molecule is CS(=O)(=O)NN1CCC(Nc2ncc3ccc(=O)n([C@H]4CCCC45CC5)c3n2)CC1. The van der Waals surface area contributed by atoms with Crippen molar-refractivity contribution in [3.63, 3.8) is 0 Å². The van der Waals surface area contributed by atoms with Crippen molar-refractivity contribution in [3.05, 3.63) is 28.7 Å². The van der Waals surface area contributed by atoms with Crippen LogP contribution < -0.4 is 15.7 Å². The Morgan fingerprint density at radius 2 is 1.90 bits per heavy atom.